The average molecular weight is 497 g/mol. The number of ether oxygens (including phenoxy) is 1. The molecule has 2 heterocycles. The number of benzene rings is 3. The Morgan fingerprint density at radius 2 is 1.65 bits per heavy atom. The van der Waals surface area contributed by atoms with Crippen LogP contribution in [0, 0.1) is 5.92 Å². The molecule has 0 unspecified atom stereocenters. The number of carbonyl (C=O) groups is 2. The van der Waals surface area contributed by atoms with Crippen molar-refractivity contribution in [2.75, 3.05) is 16.6 Å². The summed E-state index contributed by atoms with van der Waals surface area (Å²) in [6.45, 7) is 2.62. The SMILES string of the molecule is CCCOc1ccc(N2C(=O)[C@@H]3[C@H](ON(c4ccccc4)[C@H]3c3ccc(Cl)cc3Cl)C2=O)cc1. The van der Waals surface area contributed by atoms with Crippen LogP contribution < -0.4 is 14.7 Å². The van der Waals surface area contributed by atoms with E-state index in [4.69, 9.17) is 32.8 Å². The van der Waals surface area contributed by atoms with Crippen molar-refractivity contribution >= 4 is 46.4 Å². The standard InChI is InChI=1S/C26H22Cl2N2O4/c1-2-14-33-19-11-9-17(10-12-19)29-25(31)22-23(20-13-8-16(27)15-21(20)28)30(34-24(22)26(29)32)18-6-4-3-5-7-18/h3-13,15,22-24H,2,14H2,1H3/t22-,23-,24-/m0/s1. The van der Waals surface area contributed by atoms with Gasteiger partial charge in [-0.1, -0.05) is 54.4 Å². The molecule has 2 amide bonds. The lowest BCUT2D eigenvalue weighted by Gasteiger charge is -2.29. The monoisotopic (exact) mass is 496 g/mol. The zero-order valence-electron chi connectivity index (χ0n) is 18.4. The molecule has 8 heteroatoms. The second-order valence-electron chi connectivity index (χ2n) is 8.18. The van der Waals surface area contributed by atoms with Crippen molar-refractivity contribution in [1.82, 2.24) is 0 Å². The summed E-state index contributed by atoms with van der Waals surface area (Å²) >= 11 is 12.7. The van der Waals surface area contributed by atoms with Crippen LogP contribution in [0.1, 0.15) is 24.9 Å². The maximum absolute atomic E-state index is 13.7. The summed E-state index contributed by atoms with van der Waals surface area (Å²) in [5.74, 6) is -0.845. The Morgan fingerprint density at radius 3 is 2.32 bits per heavy atom. The van der Waals surface area contributed by atoms with E-state index < -0.39 is 24.0 Å². The predicted octanol–water partition coefficient (Wildman–Crippen LogP) is 5.83. The van der Waals surface area contributed by atoms with Gasteiger partial charge in [0.2, 0.25) is 5.91 Å². The molecule has 6 nitrogen and oxygen atoms in total. The number of para-hydroxylation sites is 1. The number of nitrogens with zero attached hydrogens (tertiary/aromatic N) is 2. The van der Waals surface area contributed by atoms with Crippen LogP contribution in [0.25, 0.3) is 0 Å². The summed E-state index contributed by atoms with van der Waals surface area (Å²) in [6, 6.07) is 20.8. The van der Waals surface area contributed by atoms with Gasteiger partial charge in [-0.3, -0.25) is 14.4 Å². The molecule has 0 radical (unpaired) electrons. The molecule has 3 atom stereocenters. The average Bonchev–Trinajstić information content (AvgIpc) is 3.35. The lowest BCUT2D eigenvalue weighted by atomic mass is 9.90. The molecule has 0 bridgehead atoms. The van der Waals surface area contributed by atoms with Crippen LogP contribution >= 0.6 is 23.2 Å². The number of hydrogen-bond donors (Lipinski definition) is 0. The number of carbonyl (C=O) groups excluding carboxylic acids is 2. The van der Waals surface area contributed by atoms with E-state index >= 15 is 0 Å². The van der Waals surface area contributed by atoms with Crippen LogP contribution in [0.4, 0.5) is 11.4 Å². The first kappa shape index (κ1) is 22.7. The van der Waals surface area contributed by atoms with E-state index in [1.807, 2.05) is 37.3 Å². The fourth-order valence-electron chi connectivity index (χ4n) is 4.44. The molecule has 0 aromatic heterocycles. The van der Waals surface area contributed by atoms with Crippen LogP contribution in [-0.2, 0) is 14.4 Å². The van der Waals surface area contributed by atoms with E-state index in [0.29, 0.717) is 33.7 Å². The molecule has 3 aromatic rings. The molecule has 0 saturated carbocycles. The summed E-state index contributed by atoms with van der Waals surface area (Å²) in [7, 11) is 0. The van der Waals surface area contributed by atoms with Crippen molar-refractivity contribution in [2.45, 2.75) is 25.5 Å². The van der Waals surface area contributed by atoms with Gasteiger partial charge in [0, 0.05) is 10.0 Å². The van der Waals surface area contributed by atoms with Gasteiger partial charge >= 0.3 is 0 Å². The van der Waals surface area contributed by atoms with Crippen LogP contribution in [0.3, 0.4) is 0 Å². The summed E-state index contributed by atoms with van der Waals surface area (Å²) in [5.41, 5.74) is 1.86. The van der Waals surface area contributed by atoms with Gasteiger partial charge in [0.05, 0.1) is 24.0 Å². The fourth-order valence-corrected chi connectivity index (χ4v) is 4.96. The molecular weight excluding hydrogens is 475 g/mol. The molecule has 174 valence electrons. The van der Waals surface area contributed by atoms with Crippen molar-refractivity contribution in [3.8, 4) is 5.75 Å². The van der Waals surface area contributed by atoms with Gasteiger partial charge in [-0.25, -0.2) is 9.96 Å². The molecule has 3 aromatic carbocycles. The Morgan fingerprint density at radius 1 is 0.912 bits per heavy atom. The van der Waals surface area contributed by atoms with Gasteiger partial charge in [0.15, 0.2) is 6.10 Å². The molecule has 2 aliphatic heterocycles. The van der Waals surface area contributed by atoms with E-state index in [2.05, 4.69) is 0 Å². The number of rotatable bonds is 6. The fraction of sp³-hybridized carbons (Fsp3) is 0.231. The highest BCUT2D eigenvalue weighted by atomic mass is 35.5. The van der Waals surface area contributed by atoms with E-state index in [9.17, 15) is 9.59 Å². The van der Waals surface area contributed by atoms with Crippen molar-refractivity contribution in [1.29, 1.82) is 0 Å². The third-order valence-electron chi connectivity index (χ3n) is 5.98. The maximum Gasteiger partial charge on any atom is 0.266 e. The smallest absolute Gasteiger partial charge is 0.266 e. The molecule has 2 fully saturated rings. The summed E-state index contributed by atoms with van der Waals surface area (Å²) < 4.78 is 5.62. The Kier molecular flexibility index (Phi) is 6.21. The molecule has 2 aliphatic rings. The van der Waals surface area contributed by atoms with Crippen molar-refractivity contribution < 1.29 is 19.2 Å². The van der Waals surface area contributed by atoms with E-state index in [1.165, 1.54) is 4.90 Å². The lowest BCUT2D eigenvalue weighted by Crippen LogP contribution is -2.37. The van der Waals surface area contributed by atoms with E-state index in [0.717, 1.165) is 12.1 Å². The molecule has 5 rings (SSSR count). The molecular formula is C26H22Cl2N2O4. The highest BCUT2D eigenvalue weighted by Crippen LogP contribution is 2.49. The van der Waals surface area contributed by atoms with Crippen LogP contribution in [-0.4, -0.2) is 24.5 Å². The minimum atomic E-state index is -0.972. The van der Waals surface area contributed by atoms with E-state index in [1.54, 1.807) is 47.5 Å². The first-order valence-electron chi connectivity index (χ1n) is 11.1. The highest BCUT2D eigenvalue weighted by Gasteiger charge is 2.60. The number of hydrogen-bond acceptors (Lipinski definition) is 5. The predicted molar refractivity (Wildman–Crippen MR) is 131 cm³/mol. The quantitative estimate of drug-likeness (QED) is 0.401. The van der Waals surface area contributed by atoms with Crippen LogP contribution in [0.5, 0.6) is 5.75 Å². The van der Waals surface area contributed by atoms with Gasteiger partial charge in [-0.15, -0.1) is 0 Å². The third kappa shape index (κ3) is 3.92. The van der Waals surface area contributed by atoms with Crippen LogP contribution in [0.2, 0.25) is 10.0 Å². The van der Waals surface area contributed by atoms with Crippen molar-refractivity contribution in [2.24, 2.45) is 5.92 Å². The summed E-state index contributed by atoms with van der Waals surface area (Å²) in [5, 5.41) is 2.49. The van der Waals surface area contributed by atoms with Crippen molar-refractivity contribution in [3.63, 3.8) is 0 Å². The Balaban J connectivity index is 1.52. The molecule has 2 saturated heterocycles. The summed E-state index contributed by atoms with van der Waals surface area (Å²) in [4.78, 5) is 34.4. The Labute approximate surface area is 207 Å². The molecule has 34 heavy (non-hydrogen) atoms. The molecule has 0 aliphatic carbocycles. The number of fused-ring (bicyclic) bond motifs is 1. The second kappa shape index (κ2) is 9.29. The number of halogens is 2. The Hall–Kier alpha value is -3.06. The van der Waals surface area contributed by atoms with Crippen molar-refractivity contribution in [3.05, 3.63) is 88.4 Å². The lowest BCUT2D eigenvalue weighted by molar-refractivity contribution is -0.126. The molecule has 0 N–H and O–H groups in total. The number of amides is 2. The zero-order chi connectivity index (χ0) is 23.8. The van der Waals surface area contributed by atoms with Gasteiger partial charge < -0.3 is 4.74 Å². The normalized spacial score (nSPS) is 21.8. The van der Waals surface area contributed by atoms with Gasteiger partial charge in [-0.2, -0.15) is 0 Å². The number of hydroxylamine groups is 1. The summed E-state index contributed by atoms with van der Waals surface area (Å²) in [6.07, 6.45) is -0.0848. The van der Waals surface area contributed by atoms with Gasteiger partial charge in [0.25, 0.3) is 5.91 Å². The van der Waals surface area contributed by atoms with Gasteiger partial charge in [-0.05, 0) is 60.5 Å². The second-order valence-corrected chi connectivity index (χ2v) is 9.02. The van der Waals surface area contributed by atoms with Gasteiger partial charge in [0.1, 0.15) is 11.7 Å². The third-order valence-corrected chi connectivity index (χ3v) is 6.54. The largest absolute Gasteiger partial charge is 0.494 e. The minimum Gasteiger partial charge on any atom is -0.494 e. The molecule has 0 spiro atoms. The topological polar surface area (TPSA) is 59.1 Å². The first-order valence-corrected chi connectivity index (χ1v) is 11.8. The Bertz CT molecular complexity index is 1220. The van der Waals surface area contributed by atoms with E-state index in [-0.39, 0.29) is 5.91 Å². The zero-order valence-corrected chi connectivity index (χ0v) is 19.9. The highest BCUT2D eigenvalue weighted by molar-refractivity contribution is 6.35. The minimum absolute atomic E-state index is 0.341. The number of anilines is 2. The maximum atomic E-state index is 13.7. The number of imide groups is 1. The van der Waals surface area contributed by atoms with Crippen LogP contribution in [0.15, 0.2) is 72.8 Å². The first-order chi connectivity index (χ1) is 16.5.